The molecule has 0 aromatic heterocycles. The second-order valence-electron chi connectivity index (χ2n) is 5.21. The Morgan fingerprint density at radius 3 is 2.38 bits per heavy atom. The molecule has 0 heterocycles. The fourth-order valence-corrected chi connectivity index (χ4v) is 2.28. The van der Waals surface area contributed by atoms with Gasteiger partial charge in [0.25, 0.3) is 5.91 Å². The van der Waals surface area contributed by atoms with E-state index in [1.807, 2.05) is 44.2 Å². The molecule has 0 aliphatic rings. The molecule has 2 aromatic rings. The molecule has 0 spiro atoms. The van der Waals surface area contributed by atoms with Gasteiger partial charge in [0, 0.05) is 23.3 Å². The molecule has 21 heavy (non-hydrogen) atoms. The molecule has 2 aromatic carbocycles. The first-order chi connectivity index (χ1) is 9.90. The standard InChI is InChI=1S/C17H19ClN2O/c1-11-10-14(6-9-16(11)19)17(21)20(3)12(2)13-4-7-15(18)8-5-13/h4-10,12H,19H2,1-3H3. The van der Waals surface area contributed by atoms with Crippen LogP contribution in [0.4, 0.5) is 5.69 Å². The average Bonchev–Trinajstić information content (AvgIpc) is 2.48. The van der Waals surface area contributed by atoms with Crippen molar-refractivity contribution in [2.24, 2.45) is 0 Å². The molecular weight excluding hydrogens is 284 g/mol. The average molecular weight is 303 g/mol. The zero-order valence-electron chi connectivity index (χ0n) is 12.4. The third-order valence-corrected chi connectivity index (χ3v) is 4.02. The minimum Gasteiger partial charge on any atom is -0.399 e. The van der Waals surface area contributed by atoms with Gasteiger partial charge in [-0.25, -0.2) is 0 Å². The van der Waals surface area contributed by atoms with Crippen LogP contribution in [0.2, 0.25) is 5.02 Å². The van der Waals surface area contributed by atoms with E-state index in [1.54, 1.807) is 24.1 Å². The van der Waals surface area contributed by atoms with Gasteiger partial charge in [-0.1, -0.05) is 23.7 Å². The molecule has 0 saturated heterocycles. The lowest BCUT2D eigenvalue weighted by Gasteiger charge is -2.25. The molecule has 1 unspecified atom stereocenters. The molecule has 0 radical (unpaired) electrons. The maximum atomic E-state index is 12.5. The zero-order chi connectivity index (χ0) is 15.6. The molecule has 0 fully saturated rings. The van der Waals surface area contributed by atoms with Crippen molar-refractivity contribution in [2.45, 2.75) is 19.9 Å². The van der Waals surface area contributed by atoms with Gasteiger partial charge in [-0.2, -0.15) is 0 Å². The number of hydrogen-bond acceptors (Lipinski definition) is 2. The maximum Gasteiger partial charge on any atom is 0.254 e. The zero-order valence-corrected chi connectivity index (χ0v) is 13.2. The van der Waals surface area contributed by atoms with E-state index >= 15 is 0 Å². The van der Waals surface area contributed by atoms with E-state index in [-0.39, 0.29) is 11.9 Å². The van der Waals surface area contributed by atoms with Gasteiger partial charge in [0.2, 0.25) is 0 Å². The van der Waals surface area contributed by atoms with Crippen molar-refractivity contribution in [3.63, 3.8) is 0 Å². The van der Waals surface area contributed by atoms with Gasteiger partial charge >= 0.3 is 0 Å². The molecule has 1 amide bonds. The van der Waals surface area contributed by atoms with Crippen LogP contribution in [0, 0.1) is 6.92 Å². The number of amides is 1. The lowest BCUT2D eigenvalue weighted by Crippen LogP contribution is -2.29. The van der Waals surface area contributed by atoms with Crippen LogP contribution in [-0.2, 0) is 0 Å². The van der Waals surface area contributed by atoms with Crippen LogP contribution in [0.25, 0.3) is 0 Å². The van der Waals surface area contributed by atoms with Gasteiger partial charge in [0.05, 0.1) is 6.04 Å². The molecule has 2 rings (SSSR count). The van der Waals surface area contributed by atoms with E-state index in [0.717, 1.165) is 11.1 Å². The van der Waals surface area contributed by atoms with Crippen LogP contribution >= 0.6 is 11.6 Å². The fraction of sp³-hybridized carbons (Fsp3) is 0.235. The third-order valence-electron chi connectivity index (χ3n) is 3.77. The smallest absolute Gasteiger partial charge is 0.254 e. The SMILES string of the molecule is Cc1cc(C(=O)N(C)C(C)c2ccc(Cl)cc2)ccc1N. The van der Waals surface area contributed by atoms with Gasteiger partial charge in [-0.3, -0.25) is 4.79 Å². The quantitative estimate of drug-likeness (QED) is 0.869. The second kappa shape index (κ2) is 6.19. The molecule has 110 valence electrons. The lowest BCUT2D eigenvalue weighted by atomic mass is 10.0. The lowest BCUT2D eigenvalue weighted by molar-refractivity contribution is 0.0742. The van der Waals surface area contributed by atoms with Crippen LogP contribution in [0.5, 0.6) is 0 Å². The summed E-state index contributed by atoms with van der Waals surface area (Å²) in [6.45, 7) is 3.89. The molecule has 3 nitrogen and oxygen atoms in total. The van der Waals surface area contributed by atoms with E-state index in [0.29, 0.717) is 16.3 Å². The van der Waals surface area contributed by atoms with E-state index in [4.69, 9.17) is 17.3 Å². The van der Waals surface area contributed by atoms with Crippen LogP contribution in [-0.4, -0.2) is 17.9 Å². The number of nitrogens with two attached hydrogens (primary N) is 1. The van der Waals surface area contributed by atoms with Crippen LogP contribution in [0.15, 0.2) is 42.5 Å². The van der Waals surface area contributed by atoms with E-state index in [9.17, 15) is 4.79 Å². The molecule has 2 N–H and O–H groups in total. The minimum atomic E-state index is -0.0346. The molecule has 1 atom stereocenters. The van der Waals surface area contributed by atoms with Gasteiger partial charge in [-0.15, -0.1) is 0 Å². The summed E-state index contributed by atoms with van der Waals surface area (Å²) in [5.74, 6) is -0.0273. The second-order valence-corrected chi connectivity index (χ2v) is 5.65. The first kappa shape index (κ1) is 15.4. The van der Waals surface area contributed by atoms with E-state index in [2.05, 4.69) is 0 Å². The van der Waals surface area contributed by atoms with Gasteiger partial charge < -0.3 is 10.6 Å². The summed E-state index contributed by atoms with van der Waals surface area (Å²) in [6, 6.07) is 12.9. The highest BCUT2D eigenvalue weighted by atomic mass is 35.5. The van der Waals surface area contributed by atoms with Crippen molar-refractivity contribution in [2.75, 3.05) is 12.8 Å². The van der Waals surface area contributed by atoms with Crippen LogP contribution in [0.3, 0.4) is 0 Å². The summed E-state index contributed by atoms with van der Waals surface area (Å²) in [5, 5.41) is 0.689. The highest BCUT2D eigenvalue weighted by molar-refractivity contribution is 6.30. The number of carbonyl (C=O) groups is 1. The van der Waals surface area contributed by atoms with Gasteiger partial charge in [0.15, 0.2) is 0 Å². The molecule has 0 aliphatic heterocycles. The predicted octanol–water partition coefficient (Wildman–Crippen LogP) is 4.06. The highest BCUT2D eigenvalue weighted by Gasteiger charge is 2.19. The summed E-state index contributed by atoms with van der Waals surface area (Å²) >= 11 is 5.89. The topological polar surface area (TPSA) is 46.3 Å². The summed E-state index contributed by atoms with van der Waals surface area (Å²) in [7, 11) is 1.80. The Hall–Kier alpha value is -2.00. The fourth-order valence-electron chi connectivity index (χ4n) is 2.15. The Bertz CT molecular complexity index is 652. The molecule has 0 saturated carbocycles. The van der Waals surface area contributed by atoms with Gasteiger partial charge in [0.1, 0.15) is 0 Å². The largest absolute Gasteiger partial charge is 0.399 e. The Labute approximate surface area is 130 Å². The van der Waals surface area contributed by atoms with Crippen LogP contribution in [0.1, 0.15) is 34.5 Å². The minimum absolute atomic E-state index is 0.0273. The third kappa shape index (κ3) is 3.37. The van der Waals surface area contributed by atoms with E-state index < -0.39 is 0 Å². The first-order valence-electron chi connectivity index (χ1n) is 6.79. The Balaban J connectivity index is 2.21. The number of aryl methyl sites for hydroxylation is 1. The number of halogens is 1. The number of hydrogen-bond donors (Lipinski definition) is 1. The summed E-state index contributed by atoms with van der Waals surface area (Å²) < 4.78 is 0. The number of rotatable bonds is 3. The Morgan fingerprint density at radius 2 is 1.81 bits per heavy atom. The van der Waals surface area contributed by atoms with Crippen molar-refractivity contribution in [1.82, 2.24) is 4.90 Å². The summed E-state index contributed by atoms with van der Waals surface area (Å²) in [6.07, 6.45) is 0. The van der Waals surface area contributed by atoms with Crippen molar-refractivity contribution >= 4 is 23.2 Å². The van der Waals surface area contributed by atoms with Crippen molar-refractivity contribution in [3.8, 4) is 0 Å². The number of anilines is 1. The van der Waals surface area contributed by atoms with Crippen molar-refractivity contribution in [3.05, 3.63) is 64.2 Å². The van der Waals surface area contributed by atoms with Crippen molar-refractivity contribution < 1.29 is 4.79 Å². The normalized spacial score (nSPS) is 12.0. The number of nitrogens with zero attached hydrogens (tertiary/aromatic N) is 1. The Kier molecular flexibility index (Phi) is 4.53. The molecule has 0 aliphatic carbocycles. The van der Waals surface area contributed by atoms with Gasteiger partial charge in [-0.05, 0) is 55.3 Å². The highest BCUT2D eigenvalue weighted by Crippen LogP contribution is 2.23. The number of benzene rings is 2. The van der Waals surface area contributed by atoms with Crippen molar-refractivity contribution in [1.29, 1.82) is 0 Å². The summed E-state index contributed by atoms with van der Waals surface area (Å²) in [4.78, 5) is 14.3. The summed E-state index contributed by atoms with van der Waals surface area (Å²) in [5.41, 5.74) is 9.08. The monoisotopic (exact) mass is 302 g/mol. The predicted molar refractivity (Wildman–Crippen MR) is 87.6 cm³/mol. The van der Waals surface area contributed by atoms with Crippen LogP contribution < -0.4 is 5.73 Å². The maximum absolute atomic E-state index is 12.5. The number of nitrogen functional groups attached to an aromatic ring is 1. The van der Waals surface area contributed by atoms with E-state index in [1.165, 1.54) is 0 Å². The Morgan fingerprint density at radius 1 is 1.19 bits per heavy atom. The molecule has 0 bridgehead atoms. The molecule has 4 heteroatoms. The number of carbonyl (C=O) groups excluding carboxylic acids is 1. The first-order valence-corrected chi connectivity index (χ1v) is 7.16. The molecular formula is C17H19ClN2O.